The molecule has 11 heteroatoms. The molecule has 3 atom stereocenters. The molecule has 0 aliphatic rings. The van der Waals surface area contributed by atoms with Crippen molar-refractivity contribution in [2.24, 2.45) is 5.73 Å². The Morgan fingerprint density at radius 3 is 2.15 bits per heavy atom. The molecule has 0 aliphatic carbocycles. The van der Waals surface area contributed by atoms with E-state index in [2.05, 4.69) is 40.3 Å². The lowest BCUT2D eigenvalue weighted by Crippen LogP contribution is -2.34. The predicted octanol–water partition coefficient (Wildman–Crippen LogP) is 3.86. The number of hydrogen-bond donors (Lipinski definition) is 4. The quantitative estimate of drug-likeness (QED) is 0.0731. The van der Waals surface area contributed by atoms with Crippen LogP contribution in [0.4, 0.5) is 0 Å². The molecular weight excluding hydrogens is 465 g/mol. The molecule has 0 aliphatic heterocycles. The fraction of sp³-hybridized carbons (Fsp3) is 0.739. The Bertz CT molecular complexity index is 654. The summed E-state index contributed by atoms with van der Waals surface area (Å²) in [5, 5.41) is 18.3. The maximum atomic E-state index is 11.7. The van der Waals surface area contributed by atoms with E-state index in [1.54, 1.807) is 0 Å². The van der Waals surface area contributed by atoms with Gasteiger partial charge in [-0.05, 0) is 32.1 Å². The zero-order valence-corrected chi connectivity index (χ0v) is 21.1. The van der Waals surface area contributed by atoms with E-state index in [0.717, 1.165) is 44.9 Å². The molecule has 0 bridgehead atoms. The van der Waals surface area contributed by atoms with Crippen molar-refractivity contribution in [1.29, 1.82) is 0 Å². The summed E-state index contributed by atoms with van der Waals surface area (Å²) in [6.45, 7) is 0.428. The van der Waals surface area contributed by atoms with Crippen molar-refractivity contribution < 1.29 is 43.0 Å². The highest BCUT2D eigenvalue weighted by atomic mass is 31.2. The van der Waals surface area contributed by atoms with Crippen LogP contribution in [0, 0.1) is 0 Å². The number of allylic oxidation sites excluding steroid dienone is 4. The molecule has 198 valence electrons. The van der Waals surface area contributed by atoms with E-state index in [1.807, 2.05) is 0 Å². The van der Waals surface area contributed by atoms with Gasteiger partial charge in [-0.1, -0.05) is 63.3 Å². The highest BCUT2D eigenvalue weighted by molar-refractivity contribution is 7.47. The van der Waals surface area contributed by atoms with Crippen LogP contribution in [0.3, 0.4) is 0 Å². The Morgan fingerprint density at radius 2 is 1.50 bits per heavy atom. The second kappa shape index (κ2) is 20.8. The SMILES string of the molecule is CCCC/C=C\C/C=C\CCCCCCCC(=O)OC[C@@H](O)COP(=O)(O)OC[C@H](N)C(=O)O. The summed E-state index contributed by atoms with van der Waals surface area (Å²) in [5.74, 6) is -1.87. The summed E-state index contributed by atoms with van der Waals surface area (Å²) in [7, 11) is -4.58. The third-order valence-electron chi connectivity index (χ3n) is 4.68. The van der Waals surface area contributed by atoms with Crippen molar-refractivity contribution >= 4 is 19.8 Å². The summed E-state index contributed by atoms with van der Waals surface area (Å²) >= 11 is 0. The van der Waals surface area contributed by atoms with E-state index >= 15 is 0 Å². The number of carboxylic acid groups (broad SMARTS) is 1. The zero-order chi connectivity index (χ0) is 25.7. The van der Waals surface area contributed by atoms with Crippen LogP contribution in [0.1, 0.15) is 77.6 Å². The summed E-state index contributed by atoms with van der Waals surface area (Å²) in [6, 6.07) is -1.49. The fourth-order valence-electron chi connectivity index (χ4n) is 2.66. The lowest BCUT2D eigenvalue weighted by Gasteiger charge is -2.16. The number of aliphatic hydroxyl groups excluding tert-OH is 1. The first-order valence-electron chi connectivity index (χ1n) is 11.9. The van der Waals surface area contributed by atoms with E-state index in [4.69, 9.17) is 15.6 Å². The number of aliphatic carboxylic acids is 1. The summed E-state index contributed by atoms with van der Waals surface area (Å²) in [5.41, 5.74) is 5.15. The van der Waals surface area contributed by atoms with E-state index in [9.17, 15) is 24.2 Å². The molecule has 0 radical (unpaired) electrons. The number of carboxylic acids is 1. The van der Waals surface area contributed by atoms with Gasteiger partial charge in [0.25, 0.3) is 0 Å². The Labute approximate surface area is 202 Å². The van der Waals surface area contributed by atoms with Crippen molar-refractivity contribution in [3.05, 3.63) is 24.3 Å². The number of phosphoric acid groups is 1. The minimum atomic E-state index is -4.58. The number of hydrogen-bond acceptors (Lipinski definition) is 8. The zero-order valence-electron chi connectivity index (χ0n) is 20.2. The number of nitrogens with two attached hydrogens (primary N) is 1. The summed E-state index contributed by atoms with van der Waals surface area (Å²) in [6.07, 6.45) is 18.3. The second-order valence-corrected chi connectivity index (χ2v) is 9.42. The molecule has 1 unspecified atom stereocenters. The Morgan fingerprint density at radius 1 is 0.912 bits per heavy atom. The van der Waals surface area contributed by atoms with Crippen LogP contribution in [0.5, 0.6) is 0 Å². The largest absolute Gasteiger partial charge is 0.480 e. The molecule has 5 N–H and O–H groups in total. The smallest absolute Gasteiger partial charge is 0.472 e. The summed E-state index contributed by atoms with van der Waals surface area (Å²) < 4.78 is 25.5. The van der Waals surface area contributed by atoms with Gasteiger partial charge in [0.15, 0.2) is 0 Å². The van der Waals surface area contributed by atoms with Crippen LogP contribution in [0.2, 0.25) is 0 Å². The molecule has 10 nitrogen and oxygen atoms in total. The average molecular weight is 508 g/mol. The van der Waals surface area contributed by atoms with E-state index in [0.29, 0.717) is 6.42 Å². The predicted molar refractivity (Wildman–Crippen MR) is 129 cm³/mol. The minimum Gasteiger partial charge on any atom is -0.480 e. The average Bonchev–Trinajstić information content (AvgIpc) is 2.80. The van der Waals surface area contributed by atoms with Gasteiger partial charge in [-0.3, -0.25) is 18.6 Å². The minimum absolute atomic E-state index is 0.229. The molecule has 0 spiro atoms. The lowest BCUT2D eigenvalue weighted by atomic mass is 10.1. The van der Waals surface area contributed by atoms with Crippen molar-refractivity contribution in [1.82, 2.24) is 0 Å². The van der Waals surface area contributed by atoms with E-state index < -0.39 is 51.7 Å². The number of carbonyl (C=O) groups is 2. The third-order valence-corrected chi connectivity index (χ3v) is 5.63. The number of rotatable bonds is 22. The van der Waals surface area contributed by atoms with Gasteiger partial charge in [0.1, 0.15) is 18.8 Å². The molecule has 0 aromatic heterocycles. The van der Waals surface area contributed by atoms with Crippen molar-refractivity contribution in [3.8, 4) is 0 Å². The first kappa shape index (κ1) is 32.5. The van der Waals surface area contributed by atoms with Crippen LogP contribution in [-0.4, -0.2) is 59.0 Å². The molecule has 0 fully saturated rings. The number of carbonyl (C=O) groups excluding carboxylic acids is 1. The van der Waals surface area contributed by atoms with Crippen molar-refractivity contribution in [2.45, 2.75) is 89.7 Å². The lowest BCUT2D eigenvalue weighted by molar-refractivity contribution is -0.147. The molecule has 34 heavy (non-hydrogen) atoms. The van der Waals surface area contributed by atoms with Gasteiger partial charge in [0.05, 0.1) is 13.2 Å². The monoisotopic (exact) mass is 507 g/mol. The van der Waals surface area contributed by atoms with Gasteiger partial charge in [-0.2, -0.15) is 0 Å². The molecule has 0 saturated carbocycles. The van der Waals surface area contributed by atoms with Gasteiger partial charge < -0.3 is 25.6 Å². The van der Waals surface area contributed by atoms with Gasteiger partial charge >= 0.3 is 19.8 Å². The molecule has 0 aromatic rings. The second-order valence-electron chi connectivity index (χ2n) is 7.97. The first-order chi connectivity index (χ1) is 16.2. The highest BCUT2D eigenvalue weighted by Gasteiger charge is 2.26. The highest BCUT2D eigenvalue weighted by Crippen LogP contribution is 2.43. The number of aliphatic hydroxyl groups is 1. The number of ether oxygens (including phenoxy) is 1. The van der Waals surface area contributed by atoms with Crippen molar-refractivity contribution in [2.75, 3.05) is 19.8 Å². The van der Waals surface area contributed by atoms with Crippen LogP contribution in [0.25, 0.3) is 0 Å². The van der Waals surface area contributed by atoms with Crippen LogP contribution >= 0.6 is 7.82 Å². The van der Waals surface area contributed by atoms with Gasteiger partial charge in [0.2, 0.25) is 0 Å². The number of esters is 1. The molecule has 0 saturated heterocycles. The van der Waals surface area contributed by atoms with Gasteiger partial charge in [-0.15, -0.1) is 0 Å². The van der Waals surface area contributed by atoms with Gasteiger partial charge in [-0.25, -0.2) is 4.57 Å². The molecule has 0 rings (SSSR count). The topological polar surface area (TPSA) is 166 Å². The molecule has 0 aromatic carbocycles. The Balaban J connectivity index is 3.68. The van der Waals surface area contributed by atoms with Crippen LogP contribution in [0.15, 0.2) is 24.3 Å². The standard InChI is InChI=1S/C23H42NO9P/c1-2-3-4-5-6-7-8-9-10-11-12-13-14-15-16-22(26)31-17-20(25)18-32-34(29,30)33-19-21(24)23(27)28/h5-6,8-9,20-21,25H,2-4,7,10-19,24H2,1H3,(H,27,28)(H,29,30)/b6-5-,9-8-/t20-,21+/m1/s1. The van der Waals surface area contributed by atoms with Crippen LogP contribution in [-0.2, 0) is 27.9 Å². The number of phosphoric ester groups is 1. The van der Waals surface area contributed by atoms with E-state index in [1.165, 1.54) is 12.8 Å². The van der Waals surface area contributed by atoms with Gasteiger partial charge in [0, 0.05) is 6.42 Å². The number of unbranched alkanes of at least 4 members (excludes halogenated alkanes) is 7. The molecule has 0 heterocycles. The Hall–Kier alpha value is -1.55. The maximum Gasteiger partial charge on any atom is 0.472 e. The molecule has 0 amide bonds. The molecular formula is C23H42NO9P. The maximum absolute atomic E-state index is 11.7. The summed E-state index contributed by atoms with van der Waals surface area (Å²) in [4.78, 5) is 31.7. The first-order valence-corrected chi connectivity index (χ1v) is 13.4. The van der Waals surface area contributed by atoms with Crippen molar-refractivity contribution in [3.63, 3.8) is 0 Å². The third kappa shape index (κ3) is 21.0. The van der Waals surface area contributed by atoms with E-state index in [-0.39, 0.29) is 6.42 Å². The normalized spacial score (nSPS) is 15.4. The Kier molecular flexibility index (Phi) is 19.8. The fourth-order valence-corrected chi connectivity index (χ4v) is 3.45. The van der Waals surface area contributed by atoms with Crippen LogP contribution < -0.4 is 5.73 Å².